The molecule has 1 saturated carbocycles. The Morgan fingerprint density at radius 1 is 1.10 bits per heavy atom. The molecule has 0 amide bonds. The molecular weight excluding hydrogens is 242 g/mol. The molecule has 1 aromatic carbocycles. The average molecular weight is 273 g/mol. The second-order valence-electron chi connectivity index (χ2n) is 7.33. The lowest BCUT2D eigenvalue weighted by atomic mass is 9.78. The molecule has 0 aromatic heterocycles. The molecule has 0 spiro atoms. The highest BCUT2D eigenvalue weighted by molar-refractivity contribution is 5.29. The van der Waals surface area contributed by atoms with Crippen LogP contribution in [-0.2, 0) is 6.54 Å². The van der Waals surface area contributed by atoms with E-state index in [4.69, 9.17) is 0 Å². The summed E-state index contributed by atoms with van der Waals surface area (Å²) in [6.45, 7) is 11.3. The fourth-order valence-corrected chi connectivity index (χ4v) is 3.83. The standard InChI is InChI=1S/C19H31N/c1-15(2)12-19(9-5-6-10-19)14-20-13-18-8-7-16(3)17(4)11-18/h7-8,11,15,20H,5-6,9-10,12-14H2,1-4H3. The van der Waals surface area contributed by atoms with Gasteiger partial charge in [-0.05, 0) is 61.1 Å². The minimum absolute atomic E-state index is 0.577. The smallest absolute Gasteiger partial charge is 0.0205 e. The minimum atomic E-state index is 0.577. The summed E-state index contributed by atoms with van der Waals surface area (Å²) in [4.78, 5) is 0. The second-order valence-corrected chi connectivity index (χ2v) is 7.33. The lowest BCUT2D eigenvalue weighted by Crippen LogP contribution is -2.33. The van der Waals surface area contributed by atoms with Crippen LogP contribution < -0.4 is 5.32 Å². The highest BCUT2D eigenvalue weighted by atomic mass is 14.9. The Hall–Kier alpha value is -0.820. The molecule has 20 heavy (non-hydrogen) atoms. The van der Waals surface area contributed by atoms with Gasteiger partial charge in [0.05, 0.1) is 0 Å². The van der Waals surface area contributed by atoms with E-state index in [1.165, 1.54) is 55.3 Å². The number of aryl methyl sites for hydroxylation is 2. The Kier molecular flexibility index (Phi) is 5.26. The Labute approximate surface area is 125 Å². The number of benzene rings is 1. The third kappa shape index (κ3) is 4.09. The van der Waals surface area contributed by atoms with Gasteiger partial charge >= 0.3 is 0 Å². The van der Waals surface area contributed by atoms with Crippen molar-refractivity contribution in [2.45, 2.75) is 66.3 Å². The van der Waals surface area contributed by atoms with Gasteiger partial charge < -0.3 is 5.32 Å². The molecule has 112 valence electrons. The van der Waals surface area contributed by atoms with Gasteiger partial charge in [-0.2, -0.15) is 0 Å². The SMILES string of the molecule is Cc1ccc(CNCC2(CC(C)C)CCCC2)cc1C. The van der Waals surface area contributed by atoms with Crippen LogP contribution in [0.25, 0.3) is 0 Å². The molecule has 0 heterocycles. The van der Waals surface area contributed by atoms with E-state index < -0.39 is 0 Å². The molecule has 1 N–H and O–H groups in total. The van der Waals surface area contributed by atoms with Gasteiger partial charge in [0, 0.05) is 13.1 Å². The first-order valence-electron chi connectivity index (χ1n) is 8.28. The van der Waals surface area contributed by atoms with Crippen molar-refractivity contribution in [1.29, 1.82) is 0 Å². The lowest BCUT2D eigenvalue weighted by molar-refractivity contribution is 0.223. The monoisotopic (exact) mass is 273 g/mol. The maximum absolute atomic E-state index is 3.74. The van der Waals surface area contributed by atoms with E-state index in [1.54, 1.807) is 0 Å². The maximum atomic E-state index is 3.74. The van der Waals surface area contributed by atoms with E-state index in [9.17, 15) is 0 Å². The van der Waals surface area contributed by atoms with Crippen molar-refractivity contribution in [3.8, 4) is 0 Å². The molecule has 1 heteroatoms. The van der Waals surface area contributed by atoms with Crippen LogP contribution in [0.15, 0.2) is 18.2 Å². The van der Waals surface area contributed by atoms with Gasteiger partial charge in [-0.1, -0.05) is 44.9 Å². The molecule has 1 fully saturated rings. The van der Waals surface area contributed by atoms with E-state index in [-0.39, 0.29) is 0 Å². The Balaban J connectivity index is 1.88. The quantitative estimate of drug-likeness (QED) is 0.769. The van der Waals surface area contributed by atoms with Crippen molar-refractivity contribution in [3.63, 3.8) is 0 Å². The largest absolute Gasteiger partial charge is 0.312 e. The third-order valence-corrected chi connectivity index (χ3v) is 4.91. The van der Waals surface area contributed by atoms with Crippen molar-refractivity contribution in [2.24, 2.45) is 11.3 Å². The molecule has 1 aliphatic carbocycles. The molecule has 0 aliphatic heterocycles. The van der Waals surface area contributed by atoms with E-state index in [0.29, 0.717) is 5.41 Å². The topological polar surface area (TPSA) is 12.0 Å². The molecule has 1 nitrogen and oxygen atoms in total. The van der Waals surface area contributed by atoms with Crippen LogP contribution in [0.5, 0.6) is 0 Å². The highest BCUT2D eigenvalue weighted by Gasteiger charge is 2.33. The summed E-state index contributed by atoms with van der Waals surface area (Å²) in [5, 5.41) is 3.74. The second kappa shape index (κ2) is 6.76. The molecule has 1 aliphatic rings. The van der Waals surface area contributed by atoms with Crippen molar-refractivity contribution < 1.29 is 0 Å². The van der Waals surface area contributed by atoms with Crippen molar-refractivity contribution >= 4 is 0 Å². The van der Waals surface area contributed by atoms with Crippen LogP contribution in [0.1, 0.15) is 62.6 Å². The molecule has 1 aromatic rings. The zero-order valence-corrected chi connectivity index (χ0v) is 13.8. The van der Waals surface area contributed by atoms with E-state index in [0.717, 1.165) is 12.5 Å². The molecule has 0 saturated heterocycles. The fourth-order valence-electron chi connectivity index (χ4n) is 3.83. The summed E-state index contributed by atoms with van der Waals surface area (Å²) in [6, 6.07) is 6.83. The summed E-state index contributed by atoms with van der Waals surface area (Å²) in [5.41, 5.74) is 4.79. The van der Waals surface area contributed by atoms with Gasteiger partial charge in [-0.15, -0.1) is 0 Å². The molecule has 0 bridgehead atoms. The molecule has 0 radical (unpaired) electrons. The predicted octanol–water partition coefficient (Wildman–Crippen LogP) is 5.00. The minimum Gasteiger partial charge on any atom is -0.312 e. The molecule has 0 atom stereocenters. The number of nitrogens with one attached hydrogen (secondary N) is 1. The lowest BCUT2D eigenvalue weighted by Gasteiger charge is -2.31. The molecular formula is C19H31N. The molecule has 0 unspecified atom stereocenters. The highest BCUT2D eigenvalue weighted by Crippen LogP contribution is 2.42. The zero-order chi connectivity index (χ0) is 14.6. The van der Waals surface area contributed by atoms with E-state index in [2.05, 4.69) is 51.2 Å². The van der Waals surface area contributed by atoms with Gasteiger partial charge in [0.25, 0.3) is 0 Å². The summed E-state index contributed by atoms with van der Waals surface area (Å²) < 4.78 is 0. The average Bonchev–Trinajstić information content (AvgIpc) is 2.81. The Morgan fingerprint density at radius 3 is 2.40 bits per heavy atom. The maximum Gasteiger partial charge on any atom is 0.0205 e. The van der Waals surface area contributed by atoms with E-state index in [1.807, 2.05) is 0 Å². The fraction of sp³-hybridized carbons (Fsp3) is 0.684. The normalized spacial score (nSPS) is 17.9. The zero-order valence-electron chi connectivity index (χ0n) is 13.8. The first-order valence-corrected chi connectivity index (χ1v) is 8.28. The van der Waals surface area contributed by atoms with Gasteiger partial charge in [-0.3, -0.25) is 0 Å². The van der Waals surface area contributed by atoms with E-state index >= 15 is 0 Å². The third-order valence-electron chi connectivity index (χ3n) is 4.91. The van der Waals surface area contributed by atoms with Crippen molar-refractivity contribution in [3.05, 3.63) is 34.9 Å². The first kappa shape index (κ1) is 15.6. The Bertz CT molecular complexity index is 427. The van der Waals surface area contributed by atoms with Crippen molar-refractivity contribution in [1.82, 2.24) is 5.32 Å². The first-order chi connectivity index (χ1) is 9.51. The van der Waals surface area contributed by atoms with Crippen LogP contribution >= 0.6 is 0 Å². The summed E-state index contributed by atoms with van der Waals surface area (Å²) in [5.74, 6) is 0.816. The molecule has 2 rings (SSSR count). The van der Waals surface area contributed by atoms with Gasteiger partial charge in [0.2, 0.25) is 0 Å². The van der Waals surface area contributed by atoms with Gasteiger partial charge in [-0.25, -0.2) is 0 Å². The number of hydrogen-bond acceptors (Lipinski definition) is 1. The predicted molar refractivity (Wildman–Crippen MR) is 88.0 cm³/mol. The summed E-state index contributed by atoms with van der Waals surface area (Å²) >= 11 is 0. The van der Waals surface area contributed by atoms with Crippen LogP contribution in [0.3, 0.4) is 0 Å². The number of hydrogen-bond donors (Lipinski definition) is 1. The van der Waals surface area contributed by atoms with Gasteiger partial charge in [0.15, 0.2) is 0 Å². The van der Waals surface area contributed by atoms with Gasteiger partial charge in [0.1, 0.15) is 0 Å². The van der Waals surface area contributed by atoms with Crippen LogP contribution in [0, 0.1) is 25.2 Å². The summed E-state index contributed by atoms with van der Waals surface area (Å²) in [7, 11) is 0. The van der Waals surface area contributed by atoms with Crippen LogP contribution in [0.2, 0.25) is 0 Å². The van der Waals surface area contributed by atoms with Crippen LogP contribution in [0.4, 0.5) is 0 Å². The van der Waals surface area contributed by atoms with Crippen LogP contribution in [-0.4, -0.2) is 6.54 Å². The number of rotatable bonds is 6. The summed E-state index contributed by atoms with van der Waals surface area (Å²) in [6.07, 6.45) is 7.08. The van der Waals surface area contributed by atoms with Crippen molar-refractivity contribution in [2.75, 3.05) is 6.54 Å². The Morgan fingerprint density at radius 2 is 1.80 bits per heavy atom.